The minimum absolute atomic E-state index is 0.232. The van der Waals surface area contributed by atoms with Crippen LogP contribution in [0.1, 0.15) is 133 Å². The summed E-state index contributed by atoms with van der Waals surface area (Å²) < 4.78 is 0. The van der Waals surface area contributed by atoms with Crippen molar-refractivity contribution in [3.8, 4) is 0 Å². The Balaban J connectivity index is 5.00. The molecule has 0 rings (SSSR count). The topological polar surface area (TPSA) is 17.1 Å². The molecule has 0 spiro atoms. The molecule has 0 aromatic heterocycles. The Morgan fingerprint density at radius 3 is 1.22 bits per heavy atom. The lowest BCUT2D eigenvalue weighted by Crippen LogP contribution is -2.40. The number of allylic oxidation sites excluding steroid dienone is 8. The number of ketones is 1. The molecule has 0 N–H and O–H groups in total. The molecule has 0 radical (unpaired) electrons. The van der Waals surface area contributed by atoms with Crippen LogP contribution < -0.4 is 0 Å². The molecule has 184 valence electrons. The molecule has 1 nitrogen and oxygen atoms in total. The van der Waals surface area contributed by atoms with Crippen molar-refractivity contribution in [1.82, 2.24) is 0 Å². The van der Waals surface area contributed by atoms with E-state index in [1.165, 1.54) is 22.3 Å². The molecule has 2 atom stereocenters. The lowest BCUT2D eigenvalue weighted by molar-refractivity contribution is -0.138. The lowest BCUT2D eigenvalue weighted by atomic mass is 9.65. The predicted octanol–water partition coefficient (Wildman–Crippen LogP) is 10.3. The van der Waals surface area contributed by atoms with E-state index in [1.54, 1.807) is 0 Å². The van der Waals surface area contributed by atoms with Gasteiger partial charge in [-0.05, 0) is 106 Å². The van der Waals surface area contributed by atoms with Gasteiger partial charge in [0, 0.05) is 10.8 Å². The van der Waals surface area contributed by atoms with E-state index in [4.69, 9.17) is 0 Å². The van der Waals surface area contributed by atoms with Gasteiger partial charge in [-0.1, -0.05) is 74.3 Å². The van der Waals surface area contributed by atoms with Crippen molar-refractivity contribution >= 4 is 5.78 Å². The van der Waals surface area contributed by atoms with Crippen LogP contribution in [-0.4, -0.2) is 5.78 Å². The first kappa shape index (κ1) is 30.6. The second kappa shape index (κ2) is 15.5. The van der Waals surface area contributed by atoms with Crippen LogP contribution in [0.4, 0.5) is 0 Å². The highest BCUT2D eigenvalue weighted by atomic mass is 16.1. The van der Waals surface area contributed by atoms with Gasteiger partial charge in [-0.15, -0.1) is 0 Å². The van der Waals surface area contributed by atoms with Crippen molar-refractivity contribution in [2.24, 2.45) is 10.8 Å². The molecular formula is C31H54O. The smallest absolute Gasteiger partial charge is 0.144 e. The van der Waals surface area contributed by atoms with Crippen molar-refractivity contribution < 1.29 is 4.79 Å². The fourth-order valence-corrected chi connectivity index (χ4v) is 4.29. The van der Waals surface area contributed by atoms with E-state index in [1.807, 2.05) is 0 Å². The molecule has 32 heavy (non-hydrogen) atoms. The maximum atomic E-state index is 13.7. The Morgan fingerprint density at radius 1 is 0.594 bits per heavy atom. The first-order valence-electron chi connectivity index (χ1n) is 13.0. The molecule has 1 heteroatoms. The van der Waals surface area contributed by atoms with Gasteiger partial charge in [0.1, 0.15) is 5.78 Å². The van der Waals surface area contributed by atoms with E-state index in [0.29, 0.717) is 5.78 Å². The van der Waals surface area contributed by atoms with E-state index in [9.17, 15) is 4.79 Å². The summed E-state index contributed by atoms with van der Waals surface area (Å²) in [6.07, 6.45) is 19.6. The standard InChI is InChI=1S/C31H54O/c1-11-30(9,23-15-21-27(7)19-13-17-25(3)4)29(32)31(10,12-2)24-16-22-28(8)20-14-18-26(5)6/h17-18,21-22H,11-16,19-20,23-24H2,1-10H3/b27-21+,28-22+. The third-order valence-corrected chi connectivity index (χ3v) is 7.22. The minimum Gasteiger partial charge on any atom is -0.298 e. The summed E-state index contributed by atoms with van der Waals surface area (Å²) in [5.74, 6) is 0.473. The van der Waals surface area contributed by atoms with Gasteiger partial charge in [0.25, 0.3) is 0 Å². The highest BCUT2D eigenvalue weighted by molar-refractivity contribution is 5.89. The average Bonchev–Trinajstić information content (AvgIpc) is 2.72. The molecule has 0 aliphatic heterocycles. The number of carbonyl (C=O) groups excluding carboxylic acids is 1. The molecule has 0 aliphatic carbocycles. The molecule has 0 aromatic rings. The number of hydrogen-bond acceptors (Lipinski definition) is 1. The van der Waals surface area contributed by atoms with Crippen LogP contribution in [0, 0.1) is 10.8 Å². The van der Waals surface area contributed by atoms with Gasteiger partial charge in [-0.25, -0.2) is 0 Å². The van der Waals surface area contributed by atoms with Crippen LogP contribution in [0.2, 0.25) is 0 Å². The van der Waals surface area contributed by atoms with Crippen LogP contribution in [0.5, 0.6) is 0 Å². The third-order valence-electron chi connectivity index (χ3n) is 7.22. The van der Waals surface area contributed by atoms with Gasteiger partial charge in [-0.2, -0.15) is 0 Å². The van der Waals surface area contributed by atoms with Gasteiger partial charge >= 0.3 is 0 Å². The largest absolute Gasteiger partial charge is 0.298 e. The predicted molar refractivity (Wildman–Crippen MR) is 145 cm³/mol. The highest BCUT2D eigenvalue weighted by Gasteiger charge is 2.41. The van der Waals surface area contributed by atoms with Gasteiger partial charge in [0.05, 0.1) is 0 Å². The van der Waals surface area contributed by atoms with Gasteiger partial charge < -0.3 is 0 Å². The second-order valence-corrected chi connectivity index (χ2v) is 11.0. The highest BCUT2D eigenvalue weighted by Crippen LogP contribution is 2.41. The Bertz CT molecular complexity index is 621. The van der Waals surface area contributed by atoms with E-state index in [0.717, 1.165) is 64.2 Å². The Labute approximate surface area is 201 Å². The van der Waals surface area contributed by atoms with Crippen molar-refractivity contribution in [2.45, 2.75) is 133 Å². The Kier molecular flexibility index (Phi) is 14.8. The fraction of sp³-hybridized carbons (Fsp3) is 0.710. The minimum atomic E-state index is -0.232. The van der Waals surface area contributed by atoms with E-state index in [-0.39, 0.29) is 10.8 Å². The van der Waals surface area contributed by atoms with Crippen molar-refractivity contribution in [1.29, 1.82) is 0 Å². The Hall–Kier alpha value is -1.37. The summed E-state index contributed by atoms with van der Waals surface area (Å²) in [7, 11) is 0. The molecule has 0 aromatic carbocycles. The van der Waals surface area contributed by atoms with Gasteiger partial charge in [0.2, 0.25) is 0 Å². The maximum absolute atomic E-state index is 13.7. The summed E-state index contributed by atoms with van der Waals surface area (Å²) in [5.41, 5.74) is 5.20. The average molecular weight is 443 g/mol. The van der Waals surface area contributed by atoms with Crippen LogP contribution in [-0.2, 0) is 4.79 Å². The zero-order valence-corrected chi connectivity index (χ0v) is 23.3. The first-order valence-corrected chi connectivity index (χ1v) is 13.0. The summed E-state index contributed by atoms with van der Waals surface area (Å²) in [5, 5.41) is 0. The zero-order chi connectivity index (χ0) is 24.8. The van der Waals surface area contributed by atoms with Crippen molar-refractivity contribution in [3.63, 3.8) is 0 Å². The summed E-state index contributed by atoms with van der Waals surface area (Å²) >= 11 is 0. The van der Waals surface area contributed by atoms with Crippen LogP contribution in [0.3, 0.4) is 0 Å². The maximum Gasteiger partial charge on any atom is 0.144 e. The first-order chi connectivity index (χ1) is 14.9. The third kappa shape index (κ3) is 12.0. The molecule has 0 saturated carbocycles. The number of rotatable bonds is 16. The summed E-state index contributed by atoms with van der Waals surface area (Å²) in [4.78, 5) is 13.7. The van der Waals surface area contributed by atoms with Crippen LogP contribution in [0.15, 0.2) is 46.6 Å². The second-order valence-electron chi connectivity index (χ2n) is 11.0. The van der Waals surface area contributed by atoms with E-state index < -0.39 is 0 Å². The molecular weight excluding hydrogens is 388 g/mol. The SMILES string of the molecule is CCC(C)(CC/C=C(\C)CCC=C(C)C)C(=O)C(C)(CC)CC/C=C(\C)CCC=C(C)C. The van der Waals surface area contributed by atoms with Crippen LogP contribution in [0.25, 0.3) is 0 Å². The molecule has 0 fully saturated rings. The normalized spacial score (nSPS) is 16.2. The molecule has 0 aliphatic rings. The summed E-state index contributed by atoms with van der Waals surface area (Å²) in [6.45, 7) is 21.9. The molecule has 0 saturated heterocycles. The fourth-order valence-electron chi connectivity index (χ4n) is 4.29. The molecule has 0 heterocycles. The monoisotopic (exact) mass is 442 g/mol. The van der Waals surface area contributed by atoms with Gasteiger partial charge in [-0.3, -0.25) is 4.79 Å². The van der Waals surface area contributed by atoms with Crippen molar-refractivity contribution in [2.75, 3.05) is 0 Å². The molecule has 0 amide bonds. The summed E-state index contributed by atoms with van der Waals surface area (Å²) in [6, 6.07) is 0. The van der Waals surface area contributed by atoms with Crippen molar-refractivity contribution in [3.05, 3.63) is 46.6 Å². The van der Waals surface area contributed by atoms with E-state index >= 15 is 0 Å². The lowest BCUT2D eigenvalue weighted by Gasteiger charge is -2.37. The van der Waals surface area contributed by atoms with Gasteiger partial charge in [0.15, 0.2) is 0 Å². The quantitative estimate of drug-likeness (QED) is 0.217. The van der Waals surface area contributed by atoms with Crippen LogP contribution >= 0.6 is 0 Å². The number of hydrogen-bond donors (Lipinski definition) is 0. The molecule has 0 bridgehead atoms. The zero-order valence-electron chi connectivity index (χ0n) is 23.3. The molecule has 2 unspecified atom stereocenters. The Morgan fingerprint density at radius 2 is 0.938 bits per heavy atom. The van der Waals surface area contributed by atoms with E-state index in [2.05, 4.69) is 93.5 Å². The number of Topliss-reactive ketones (excluding diaryl/α,β-unsaturated/α-hetero) is 1. The number of carbonyl (C=O) groups is 1.